The molecule has 2 N–H and O–H groups in total. The molecule has 0 bridgehead atoms. The van der Waals surface area contributed by atoms with Gasteiger partial charge in [0.25, 0.3) is 0 Å². The number of rotatable bonds is 3. The molecule has 0 saturated heterocycles. The number of hydrogen-bond donors (Lipinski definition) is 2. The second kappa shape index (κ2) is 7.45. The Kier molecular flexibility index (Phi) is 6.59. The Morgan fingerprint density at radius 1 is 0.938 bits per heavy atom. The van der Waals surface area contributed by atoms with E-state index in [-0.39, 0.29) is 11.1 Å². The molecule has 0 atom stereocenters. The summed E-state index contributed by atoms with van der Waals surface area (Å²) in [5.41, 5.74) is -0.380. The third-order valence-corrected chi connectivity index (χ3v) is 1.89. The van der Waals surface area contributed by atoms with E-state index in [9.17, 15) is 9.59 Å². The van der Waals surface area contributed by atoms with E-state index < -0.39 is 11.9 Å². The predicted molar refractivity (Wildman–Crippen MR) is 60.9 cm³/mol. The fraction of sp³-hybridized carbons (Fsp3) is 0.333. The summed E-state index contributed by atoms with van der Waals surface area (Å²) >= 11 is 0. The molecule has 0 amide bonds. The molecule has 0 heterocycles. The van der Waals surface area contributed by atoms with Crippen molar-refractivity contribution in [2.45, 2.75) is 26.7 Å². The van der Waals surface area contributed by atoms with Crippen LogP contribution in [0.1, 0.15) is 47.4 Å². The third kappa shape index (κ3) is 4.59. The second-order valence-corrected chi connectivity index (χ2v) is 3.16. The van der Waals surface area contributed by atoms with Crippen LogP contribution in [0.4, 0.5) is 0 Å². The lowest BCUT2D eigenvalue weighted by Gasteiger charge is -1.98. The summed E-state index contributed by atoms with van der Waals surface area (Å²) in [5, 5.41) is 17.1. The molecule has 0 aliphatic rings. The van der Waals surface area contributed by atoms with E-state index in [2.05, 4.69) is 13.8 Å². The zero-order valence-corrected chi connectivity index (χ0v) is 9.43. The van der Waals surface area contributed by atoms with Gasteiger partial charge < -0.3 is 10.2 Å². The minimum Gasteiger partial charge on any atom is -0.478 e. The quantitative estimate of drug-likeness (QED) is 0.827. The summed E-state index contributed by atoms with van der Waals surface area (Å²) in [4.78, 5) is 20.9. The molecular formula is C12H16O4. The van der Waals surface area contributed by atoms with Crippen LogP contribution in [0, 0.1) is 0 Å². The highest BCUT2D eigenvalue weighted by atomic mass is 16.4. The van der Waals surface area contributed by atoms with Gasteiger partial charge in [0.1, 0.15) is 0 Å². The molecule has 0 spiro atoms. The lowest BCUT2D eigenvalue weighted by atomic mass is 10.1. The van der Waals surface area contributed by atoms with Gasteiger partial charge in [0.2, 0.25) is 0 Å². The summed E-state index contributed by atoms with van der Waals surface area (Å²) in [6.45, 7) is 4.36. The van der Waals surface area contributed by atoms with Crippen LogP contribution in [-0.4, -0.2) is 22.2 Å². The van der Waals surface area contributed by atoms with Gasteiger partial charge in [0.15, 0.2) is 0 Å². The van der Waals surface area contributed by atoms with Gasteiger partial charge in [-0.2, -0.15) is 0 Å². The normalized spacial score (nSPS) is 8.88. The molecule has 0 aromatic heterocycles. The van der Waals surface area contributed by atoms with Gasteiger partial charge in [0, 0.05) is 0 Å². The molecule has 0 unspecified atom stereocenters. The molecule has 16 heavy (non-hydrogen) atoms. The van der Waals surface area contributed by atoms with E-state index in [4.69, 9.17) is 10.2 Å². The van der Waals surface area contributed by atoms with Gasteiger partial charge in [-0.3, -0.25) is 0 Å². The Labute approximate surface area is 94.5 Å². The third-order valence-electron chi connectivity index (χ3n) is 1.89. The summed E-state index contributed by atoms with van der Waals surface area (Å²) in [6.07, 6.45) is 2.64. The maximum absolute atomic E-state index is 10.5. The molecule has 1 aromatic rings. The fourth-order valence-electron chi connectivity index (χ4n) is 0.856. The van der Waals surface area contributed by atoms with E-state index >= 15 is 0 Å². The average molecular weight is 224 g/mol. The molecule has 1 rings (SSSR count). The first-order valence-electron chi connectivity index (χ1n) is 5.10. The van der Waals surface area contributed by atoms with Crippen LogP contribution in [0.25, 0.3) is 0 Å². The number of hydrogen-bond acceptors (Lipinski definition) is 2. The van der Waals surface area contributed by atoms with Crippen molar-refractivity contribution in [3.05, 3.63) is 35.4 Å². The molecule has 0 saturated carbocycles. The number of carboxylic acid groups (broad SMARTS) is 2. The minimum atomic E-state index is -1.23. The summed E-state index contributed by atoms with van der Waals surface area (Å²) in [7, 11) is 0. The molecule has 0 fully saturated rings. The molecule has 0 aliphatic heterocycles. The standard InChI is InChI=1S/C8H6O4.C4H10/c9-7(10)5-3-1-2-4-6(5)8(11)12;1-3-4-2/h1-4H,(H,9,10)(H,11,12);3-4H2,1-2H3. The Morgan fingerprint density at radius 3 is 1.44 bits per heavy atom. The Bertz CT molecular complexity index is 323. The highest BCUT2D eigenvalue weighted by Crippen LogP contribution is 2.07. The molecule has 4 nitrogen and oxygen atoms in total. The topological polar surface area (TPSA) is 74.6 Å². The first-order chi connectivity index (χ1) is 7.54. The highest BCUT2D eigenvalue weighted by Gasteiger charge is 2.13. The zero-order chi connectivity index (χ0) is 12.6. The van der Waals surface area contributed by atoms with Crippen molar-refractivity contribution >= 4 is 11.9 Å². The van der Waals surface area contributed by atoms with Crippen molar-refractivity contribution in [2.75, 3.05) is 0 Å². The summed E-state index contributed by atoms with van der Waals surface area (Å²) in [5.74, 6) is -2.46. The van der Waals surface area contributed by atoms with E-state index in [0.717, 1.165) is 0 Å². The Balaban J connectivity index is 0.000000487. The number of aromatic carboxylic acids is 2. The van der Waals surface area contributed by atoms with Crippen molar-refractivity contribution in [2.24, 2.45) is 0 Å². The lowest BCUT2D eigenvalue weighted by Crippen LogP contribution is -2.06. The fourth-order valence-corrected chi connectivity index (χ4v) is 0.856. The van der Waals surface area contributed by atoms with Crippen LogP contribution in [0.5, 0.6) is 0 Å². The summed E-state index contributed by atoms with van der Waals surface area (Å²) < 4.78 is 0. The molecule has 0 radical (unpaired) electrons. The molecule has 1 aromatic carbocycles. The monoisotopic (exact) mass is 224 g/mol. The first kappa shape index (κ1) is 14.2. The van der Waals surface area contributed by atoms with Crippen molar-refractivity contribution in [3.8, 4) is 0 Å². The van der Waals surface area contributed by atoms with E-state index in [1.807, 2.05) is 0 Å². The predicted octanol–water partition coefficient (Wildman–Crippen LogP) is 2.89. The van der Waals surface area contributed by atoms with E-state index in [1.54, 1.807) is 0 Å². The van der Waals surface area contributed by atoms with Gasteiger partial charge in [-0.15, -0.1) is 0 Å². The molecular weight excluding hydrogens is 208 g/mol. The zero-order valence-electron chi connectivity index (χ0n) is 9.43. The van der Waals surface area contributed by atoms with Crippen molar-refractivity contribution in [1.29, 1.82) is 0 Å². The number of unbranched alkanes of at least 4 members (excludes halogenated alkanes) is 1. The van der Waals surface area contributed by atoms with Crippen LogP contribution in [0.15, 0.2) is 24.3 Å². The van der Waals surface area contributed by atoms with Crippen molar-refractivity contribution < 1.29 is 19.8 Å². The number of carboxylic acids is 2. The van der Waals surface area contributed by atoms with Gasteiger partial charge in [-0.25, -0.2) is 9.59 Å². The first-order valence-corrected chi connectivity index (χ1v) is 5.10. The molecule has 0 aliphatic carbocycles. The maximum atomic E-state index is 10.5. The van der Waals surface area contributed by atoms with Crippen LogP contribution in [0.2, 0.25) is 0 Å². The molecule has 4 heteroatoms. The second-order valence-electron chi connectivity index (χ2n) is 3.16. The van der Waals surface area contributed by atoms with Crippen LogP contribution in [0.3, 0.4) is 0 Å². The van der Waals surface area contributed by atoms with Gasteiger partial charge in [0.05, 0.1) is 11.1 Å². The average Bonchev–Trinajstić information content (AvgIpc) is 2.29. The Morgan fingerprint density at radius 2 is 1.25 bits per heavy atom. The van der Waals surface area contributed by atoms with Crippen molar-refractivity contribution in [3.63, 3.8) is 0 Å². The number of carbonyl (C=O) groups is 2. The van der Waals surface area contributed by atoms with E-state index in [1.165, 1.54) is 37.1 Å². The smallest absolute Gasteiger partial charge is 0.336 e. The Hall–Kier alpha value is -1.84. The van der Waals surface area contributed by atoms with Gasteiger partial charge in [-0.05, 0) is 12.1 Å². The van der Waals surface area contributed by atoms with Crippen molar-refractivity contribution in [1.82, 2.24) is 0 Å². The largest absolute Gasteiger partial charge is 0.478 e. The van der Waals surface area contributed by atoms with Gasteiger partial charge >= 0.3 is 11.9 Å². The van der Waals surface area contributed by atoms with Crippen LogP contribution < -0.4 is 0 Å². The molecule has 88 valence electrons. The van der Waals surface area contributed by atoms with Gasteiger partial charge in [-0.1, -0.05) is 38.8 Å². The van der Waals surface area contributed by atoms with Crippen LogP contribution >= 0.6 is 0 Å². The SMILES string of the molecule is CCCC.O=C(O)c1ccccc1C(=O)O. The van der Waals surface area contributed by atoms with Crippen LogP contribution in [-0.2, 0) is 0 Å². The minimum absolute atomic E-state index is 0.190. The lowest BCUT2D eigenvalue weighted by molar-refractivity contribution is 0.0651. The highest BCUT2D eigenvalue weighted by molar-refractivity contribution is 6.01. The van der Waals surface area contributed by atoms with E-state index in [0.29, 0.717) is 0 Å². The number of benzene rings is 1. The maximum Gasteiger partial charge on any atom is 0.336 e. The summed E-state index contributed by atoms with van der Waals surface area (Å²) in [6, 6.07) is 5.48.